The Morgan fingerprint density at radius 2 is 1.94 bits per heavy atom. The number of rotatable bonds is 3. The lowest BCUT2D eigenvalue weighted by atomic mass is 9.92. The zero-order chi connectivity index (χ0) is 13.3. The Balaban J connectivity index is 1.85. The molecule has 18 heavy (non-hydrogen) atoms. The summed E-state index contributed by atoms with van der Waals surface area (Å²) in [7, 11) is 0. The van der Waals surface area contributed by atoms with Crippen LogP contribution in [0.3, 0.4) is 0 Å². The summed E-state index contributed by atoms with van der Waals surface area (Å²) in [4.78, 5) is 14.6. The Morgan fingerprint density at radius 1 is 1.28 bits per heavy atom. The highest BCUT2D eigenvalue weighted by atomic mass is 16.2. The van der Waals surface area contributed by atoms with Crippen LogP contribution in [0.2, 0.25) is 0 Å². The molecule has 2 atom stereocenters. The van der Waals surface area contributed by atoms with Crippen molar-refractivity contribution in [2.45, 2.75) is 53.0 Å². The summed E-state index contributed by atoms with van der Waals surface area (Å²) in [6, 6.07) is 0.347. The largest absolute Gasteiger partial charge is 0.352 e. The van der Waals surface area contributed by atoms with E-state index in [1.54, 1.807) is 0 Å². The number of nitrogens with zero attached hydrogens (tertiary/aromatic N) is 1. The number of amides is 1. The van der Waals surface area contributed by atoms with E-state index in [0.29, 0.717) is 12.0 Å². The van der Waals surface area contributed by atoms with Crippen LogP contribution in [-0.2, 0) is 4.79 Å². The fraction of sp³-hybridized carbons (Fsp3) is 0.933. The highest BCUT2D eigenvalue weighted by Gasteiger charge is 2.32. The number of nitrogens with one attached hydrogen (secondary N) is 1. The van der Waals surface area contributed by atoms with Crippen molar-refractivity contribution in [2.75, 3.05) is 19.6 Å². The Kier molecular flexibility index (Phi) is 4.00. The predicted molar refractivity (Wildman–Crippen MR) is 74.3 cm³/mol. The van der Waals surface area contributed by atoms with Crippen molar-refractivity contribution >= 4 is 5.91 Å². The Labute approximate surface area is 111 Å². The second kappa shape index (κ2) is 5.20. The summed E-state index contributed by atoms with van der Waals surface area (Å²) in [6.45, 7) is 11.7. The standard InChI is InChI=1S/C15H28N2O/c1-11-7-13(16-14(18)15(2,3)4)10-17(8-11)9-12-5-6-12/h11-13H,5-10H2,1-4H3,(H,16,18). The highest BCUT2D eigenvalue weighted by molar-refractivity contribution is 5.81. The van der Waals surface area contributed by atoms with Crippen molar-refractivity contribution in [1.29, 1.82) is 0 Å². The van der Waals surface area contributed by atoms with Crippen LogP contribution in [0.25, 0.3) is 0 Å². The summed E-state index contributed by atoms with van der Waals surface area (Å²) in [5.41, 5.74) is -0.276. The molecule has 0 spiro atoms. The first-order valence-electron chi connectivity index (χ1n) is 7.38. The molecule has 0 aromatic rings. The van der Waals surface area contributed by atoms with Crippen LogP contribution in [0.5, 0.6) is 0 Å². The van der Waals surface area contributed by atoms with E-state index >= 15 is 0 Å². The topological polar surface area (TPSA) is 32.3 Å². The molecule has 0 radical (unpaired) electrons. The molecule has 1 heterocycles. The quantitative estimate of drug-likeness (QED) is 0.835. The van der Waals surface area contributed by atoms with Gasteiger partial charge in [0.15, 0.2) is 0 Å². The highest BCUT2D eigenvalue weighted by Crippen LogP contribution is 2.31. The van der Waals surface area contributed by atoms with Gasteiger partial charge in [-0.3, -0.25) is 4.79 Å². The fourth-order valence-corrected chi connectivity index (χ4v) is 2.78. The summed E-state index contributed by atoms with van der Waals surface area (Å²) >= 11 is 0. The van der Waals surface area contributed by atoms with E-state index in [4.69, 9.17) is 0 Å². The first-order chi connectivity index (χ1) is 8.34. The minimum absolute atomic E-state index is 0.188. The number of carbonyl (C=O) groups is 1. The molecule has 1 saturated heterocycles. The number of hydrogen-bond acceptors (Lipinski definition) is 2. The van der Waals surface area contributed by atoms with E-state index in [1.807, 2.05) is 20.8 Å². The molecule has 1 saturated carbocycles. The van der Waals surface area contributed by atoms with Crippen LogP contribution in [0.4, 0.5) is 0 Å². The number of carbonyl (C=O) groups excluding carboxylic acids is 1. The van der Waals surface area contributed by atoms with Crippen LogP contribution in [0.1, 0.15) is 47.0 Å². The van der Waals surface area contributed by atoms with Gasteiger partial charge in [-0.2, -0.15) is 0 Å². The molecule has 0 aromatic heterocycles. The van der Waals surface area contributed by atoms with Gasteiger partial charge in [-0.25, -0.2) is 0 Å². The molecule has 1 aliphatic heterocycles. The van der Waals surface area contributed by atoms with Crippen molar-refractivity contribution < 1.29 is 4.79 Å². The lowest BCUT2D eigenvalue weighted by Crippen LogP contribution is -2.52. The second-order valence-corrected chi connectivity index (χ2v) is 7.42. The number of piperidine rings is 1. The van der Waals surface area contributed by atoms with Gasteiger partial charge in [-0.05, 0) is 31.1 Å². The van der Waals surface area contributed by atoms with Crippen LogP contribution in [0.15, 0.2) is 0 Å². The molecule has 0 aromatic carbocycles. The van der Waals surface area contributed by atoms with Gasteiger partial charge in [0.1, 0.15) is 0 Å². The molecular weight excluding hydrogens is 224 g/mol. The molecular formula is C15H28N2O. The number of hydrogen-bond donors (Lipinski definition) is 1. The molecule has 2 aliphatic rings. The van der Waals surface area contributed by atoms with Crippen LogP contribution >= 0.6 is 0 Å². The maximum Gasteiger partial charge on any atom is 0.225 e. The van der Waals surface area contributed by atoms with Gasteiger partial charge in [0, 0.05) is 31.1 Å². The third kappa shape index (κ3) is 3.98. The van der Waals surface area contributed by atoms with Crippen LogP contribution in [-0.4, -0.2) is 36.5 Å². The van der Waals surface area contributed by atoms with E-state index in [9.17, 15) is 4.79 Å². The lowest BCUT2D eigenvalue weighted by molar-refractivity contribution is -0.129. The molecule has 3 nitrogen and oxygen atoms in total. The van der Waals surface area contributed by atoms with E-state index < -0.39 is 0 Å². The summed E-state index contributed by atoms with van der Waals surface area (Å²) in [6.07, 6.45) is 3.94. The van der Waals surface area contributed by atoms with Gasteiger partial charge in [0.25, 0.3) is 0 Å². The van der Waals surface area contributed by atoms with Crippen LogP contribution in [0, 0.1) is 17.3 Å². The smallest absolute Gasteiger partial charge is 0.225 e. The molecule has 3 heteroatoms. The first-order valence-corrected chi connectivity index (χ1v) is 7.38. The minimum Gasteiger partial charge on any atom is -0.352 e. The van der Waals surface area contributed by atoms with Gasteiger partial charge in [0.05, 0.1) is 0 Å². The van der Waals surface area contributed by atoms with Crippen LogP contribution < -0.4 is 5.32 Å². The van der Waals surface area contributed by atoms with Crippen molar-refractivity contribution in [3.05, 3.63) is 0 Å². The Bertz CT molecular complexity index is 302. The maximum absolute atomic E-state index is 12.1. The third-order valence-corrected chi connectivity index (χ3v) is 3.97. The molecule has 1 amide bonds. The average Bonchev–Trinajstić information content (AvgIpc) is 2.98. The van der Waals surface area contributed by atoms with Gasteiger partial charge in [-0.15, -0.1) is 0 Å². The second-order valence-electron chi connectivity index (χ2n) is 7.42. The average molecular weight is 252 g/mol. The first kappa shape index (κ1) is 13.9. The summed E-state index contributed by atoms with van der Waals surface area (Å²) in [5, 5.41) is 3.23. The normalized spacial score (nSPS) is 30.2. The minimum atomic E-state index is -0.276. The maximum atomic E-state index is 12.1. The molecule has 2 unspecified atom stereocenters. The summed E-state index contributed by atoms with van der Waals surface area (Å²) < 4.78 is 0. The van der Waals surface area contributed by atoms with Crippen molar-refractivity contribution in [1.82, 2.24) is 10.2 Å². The molecule has 2 fully saturated rings. The number of likely N-dealkylation sites (tertiary alicyclic amines) is 1. The summed E-state index contributed by atoms with van der Waals surface area (Å²) in [5.74, 6) is 1.82. The van der Waals surface area contributed by atoms with Crippen molar-refractivity contribution in [3.8, 4) is 0 Å². The third-order valence-electron chi connectivity index (χ3n) is 3.97. The fourth-order valence-electron chi connectivity index (χ4n) is 2.78. The monoisotopic (exact) mass is 252 g/mol. The zero-order valence-corrected chi connectivity index (χ0v) is 12.3. The van der Waals surface area contributed by atoms with Gasteiger partial charge in [-0.1, -0.05) is 27.7 Å². The van der Waals surface area contributed by atoms with Crippen molar-refractivity contribution in [2.24, 2.45) is 17.3 Å². The molecule has 104 valence electrons. The lowest BCUT2D eigenvalue weighted by Gasteiger charge is -2.37. The molecule has 0 bridgehead atoms. The van der Waals surface area contributed by atoms with Gasteiger partial charge in [0.2, 0.25) is 5.91 Å². The van der Waals surface area contributed by atoms with E-state index in [2.05, 4.69) is 17.1 Å². The van der Waals surface area contributed by atoms with Crippen molar-refractivity contribution in [3.63, 3.8) is 0 Å². The molecule has 1 aliphatic carbocycles. The zero-order valence-electron chi connectivity index (χ0n) is 12.3. The van der Waals surface area contributed by atoms with E-state index in [0.717, 1.165) is 18.9 Å². The van der Waals surface area contributed by atoms with E-state index in [-0.39, 0.29) is 11.3 Å². The van der Waals surface area contributed by atoms with Gasteiger partial charge < -0.3 is 10.2 Å². The molecule has 2 rings (SSSR count). The molecule has 1 N–H and O–H groups in total. The predicted octanol–water partition coefficient (Wildman–Crippen LogP) is 2.27. The van der Waals surface area contributed by atoms with E-state index in [1.165, 1.54) is 25.9 Å². The Morgan fingerprint density at radius 3 is 2.50 bits per heavy atom. The Hall–Kier alpha value is -0.570. The van der Waals surface area contributed by atoms with Gasteiger partial charge >= 0.3 is 0 Å². The SMILES string of the molecule is CC1CC(NC(=O)C(C)(C)C)CN(CC2CC2)C1.